The number of nitrogens with one attached hydrogen (secondary N) is 2. The van der Waals surface area contributed by atoms with Crippen LogP contribution in [0.1, 0.15) is 62.5 Å². The summed E-state index contributed by atoms with van der Waals surface area (Å²) in [4.78, 5) is 12.8. The average molecular weight is 369 g/mol. The van der Waals surface area contributed by atoms with E-state index >= 15 is 0 Å². The highest BCUT2D eigenvalue weighted by Gasteiger charge is 2.15. The van der Waals surface area contributed by atoms with Crippen molar-refractivity contribution in [3.8, 4) is 0 Å². The first-order valence-electron chi connectivity index (χ1n) is 9.03. The minimum atomic E-state index is 0.00918. The van der Waals surface area contributed by atoms with E-state index in [4.69, 9.17) is 12.2 Å². The van der Waals surface area contributed by atoms with E-state index in [1.165, 1.54) is 5.56 Å². The maximum Gasteiger partial charge on any atom is 0.193 e. The highest BCUT2D eigenvalue weighted by atomic mass is 32.1. The van der Waals surface area contributed by atoms with Crippen LogP contribution in [0.4, 0.5) is 5.69 Å². The fraction of sp³-hybridized carbons (Fsp3) is 0.364. The molecular weight excluding hydrogens is 340 g/mol. The van der Waals surface area contributed by atoms with E-state index in [2.05, 4.69) is 45.3 Å². The molecule has 2 aromatic carbocycles. The van der Waals surface area contributed by atoms with Crippen molar-refractivity contribution in [1.29, 1.82) is 0 Å². The second-order valence-corrected chi connectivity index (χ2v) is 8.05. The average Bonchev–Trinajstić information content (AvgIpc) is 2.60. The van der Waals surface area contributed by atoms with Gasteiger partial charge in [-0.05, 0) is 48.7 Å². The molecular formula is C22H28N2OS. The standard InChI is InChI=1S/C22H28N2OS/c1-6-15(2)23-21(26)24-19-9-7-8-17(14-19)20(25)16-10-12-18(13-11-16)22(3,4)5/h7-15H,6H2,1-5H3,(H2,23,24,26)/t15-/m0/s1. The van der Waals surface area contributed by atoms with Crippen LogP contribution in [0, 0.1) is 0 Å². The van der Waals surface area contributed by atoms with E-state index < -0.39 is 0 Å². The Morgan fingerprint density at radius 1 is 1.08 bits per heavy atom. The zero-order chi connectivity index (χ0) is 19.3. The molecule has 2 N–H and O–H groups in total. The topological polar surface area (TPSA) is 41.1 Å². The van der Waals surface area contributed by atoms with Crippen LogP contribution in [0.3, 0.4) is 0 Å². The van der Waals surface area contributed by atoms with Gasteiger partial charge in [0.15, 0.2) is 10.9 Å². The quantitative estimate of drug-likeness (QED) is 0.555. The third-order valence-corrected chi connectivity index (χ3v) is 4.61. The summed E-state index contributed by atoms with van der Waals surface area (Å²) in [5, 5.41) is 6.93. The minimum Gasteiger partial charge on any atom is -0.360 e. The Balaban J connectivity index is 2.14. The van der Waals surface area contributed by atoms with Crippen LogP contribution in [0.2, 0.25) is 0 Å². The lowest BCUT2D eigenvalue weighted by molar-refractivity contribution is 0.103. The number of hydrogen-bond acceptors (Lipinski definition) is 2. The van der Waals surface area contributed by atoms with E-state index in [0.717, 1.165) is 12.1 Å². The Morgan fingerprint density at radius 3 is 2.31 bits per heavy atom. The van der Waals surface area contributed by atoms with Crippen molar-refractivity contribution in [2.75, 3.05) is 5.32 Å². The summed E-state index contributed by atoms with van der Waals surface area (Å²) in [5.41, 5.74) is 3.43. The molecule has 3 nitrogen and oxygen atoms in total. The van der Waals surface area contributed by atoms with Gasteiger partial charge < -0.3 is 10.6 Å². The first-order valence-corrected chi connectivity index (χ1v) is 9.44. The molecule has 0 aliphatic carbocycles. The summed E-state index contributed by atoms with van der Waals surface area (Å²) in [7, 11) is 0. The van der Waals surface area contributed by atoms with Gasteiger partial charge in [-0.1, -0.05) is 64.1 Å². The predicted molar refractivity (Wildman–Crippen MR) is 114 cm³/mol. The van der Waals surface area contributed by atoms with Gasteiger partial charge in [-0.3, -0.25) is 4.79 Å². The number of ketones is 1. The molecule has 0 saturated heterocycles. The Morgan fingerprint density at radius 2 is 1.73 bits per heavy atom. The van der Waals surface area contributed by atoms with Gasteiger partial charge in [-0.25, -0.2) is 0 Å². The highest BCUT2D eigenvalue weighted by molar-refractivity contribution is 7.80. The number of carbonyl (C=O) groups is 1. The SMILES string of the molecule is CC[C@H](C)NC(=S)Nc1cccc(C(=O)c2ccc(C(C)(C)C)cc2)c1. The molecule has 0 aliphatic rings. The molecule has 0 spiro atoms. The van der Waals surface area contributed by atoms with Gasteiger partial charge in [0, 0.05) is 22.9 Å². The molecule has 2 aromatic rings. The highest BCUT2D eigenvalue weighted by Crippen LogP contribution is 2.23. The second kappa shape index (κ2) is 8.45. The zero-order valence-corrected chi connectivity index (χ0v) is 17.0. The van der Waals surface area contributed by atoms with Crippen LogP contribution in [-0.2, 0) is 5.41 Å². The van der Waals surface area contributed by atoms with Gasteiger partial charge in [0.05, 0.1) is 0 Å². The van der Waals surface area contributed by atoms with E-state index in [1.54, 1.807) is 0 Å². The first-order chi connectivity index (χ1) is 12.2. The minimum absolute atomic E-state index is 0.00918. The predicted octanol–water partition coefficient (Wildman–Crippen LogP) is 5.30. The van der Waals surface area contributed by atoms with Crippen LogP contribution in [0.5, 0.6) is 0 Å². The largest absolute Gasteiger partial charge is 0.360 e. The van der Waals surface area contributed by atoms with E-state index in [9.17, 15) is 4.79 Å². The smallest absolute Gasteiger partial charge is 0.193 e. The maximum absolute atomic E-state index is 12.8. The number of carbonyl (C=O) groups excluding carboxylic acids is 1. The summed E-state index contributed by atoms with van der Waals surface area (Å²) in [6, 6.07) is 15.6. The molecule has 0 amide bonds. The van der Waals surface area contributed by atoms with E-state index in [0.29, 0.717) is 22.3 Å². The zero-order valence-electron chi connectivity index (χ0n) is 16.2. The molecule has 1 atom stereocenters. The molecule has 0 aromatic heterocycles. The van der Waals surface area contributed by atoms with E-state index in [1.807, 2.05) is 48.5 Å². The van der Waals surface area contributed by atoms with Crippen molar-refractivity contribution in [1.82, 2.24) is 5.32 Å². The van der Waals surface area contributed by atoms with Gasteiger partial charge in [-0.15, -0.1) is 0 Å². The molecule has 26 heavy (non-hydrogen) atoms. The van der Waals surface area contributed by atoms with E-state index in [-0.39, 0.29) is 11.2 Å². The van der Waals surface area contributed by atoms with Gasteiger partial charge in [0.25, 0.3) is 0 Å². The van der Waals surface area contributed by atoms with Crippen molar-refractivity contribution in [2.45, 2.75) is 52.5 Å². The van der Waals surface area contributed by atoms with Crippen LogP contribution in [-0.4, -0.2) is 16.9 Å². The van der Waals surface area contributed by atoms with Gasteiger partial charge in [-0.2, -0.15) is 0 Å². The van der Waals surface area contributed by atoms with Gasteiger partial charge in [0.1, 0.15) is 0 Å². The number of thiocarbonyl (C=S) groups is 1. The second-order valence-electron chi connectivity index (χ2n) is 7.65. The normalized spacial score (nSPS) is 12.3. The molecule has 0 heterocycles. The Hall–Kier alpha value is -2.20. The summed E-state index contributed by atoms with van der Waals surface area (Å²) < 4.78 is 0. The number of rotatable bonds is 5. The Bertz CT molecular complexity index is 775. The monoisotopic (exact) mass is 368 g/mol. The van der Waals surface area contributed by atoms with Crippen molar-refractivity contribution < 1.29 is 4.79 Å². The van der Waals surface area contributed by atoms with Gasteiger partial charge in [0.2, 0.25) is 0 Å². The number of hydrogen-bond donors (Lipinski definition) is 2. The molecule has 0 fully saturated rings. The third-order valence-electron chi connectivity index (χ3n) is 4.39. The maximum atomic E-state index is 12.8. The summed E-state index contributed by atoms with van der Waals surface area (Å²) >= 11 is 5.32. The van der Waals surface area contributed by atoms with Crippen LogP contribution < -0.4 is 10.6 Å². The summed E-state index contributed by atoms with van der Waals surface area (Å²) in [6.45, 7) is 10.7. The summed E-state index contributed by atoms with van der Waals surface area (Å²) in [6.07, 6.45) is 0.991. The van der Waals surface area contributed by atoms with Crippen molar-refractivity contribution in [3.05, 3.63) is 65.2 Å². The van der Waals surface area contributed by atoms with Crippen molar-refractivity contribution in [2.24, 2.45) is 0 Å². The number of benzene rings is 2. The number of anilines is 1. The lowest BCUT2D eigenvalue weighted by Crippen LogP contribution is -2.35. The molecule has 0 bridgehead atoms. The molecule has 0 unspecified atom stereocenters. The third kappa shape index (κ3) is 5.40. The molecule has 0 aliphatic heterocycles. The van der Waals surface area contributed by atoms with Crippen LogP contribution in [0.25, 0.3) is 0 Å². The molecule has 2 rings (SSSR count). The lowest BCUT2D eigenvalue weighted by Gasteiger charge is -2.19. The molecule has 138 valence electrons. The lowest BCUT2D eigenvalue weighted by atomic mass is 9.86. The Labute approximate surface area is 162 Å². The summed E-state index contributed by atoms with van der Waals surface area (Å²) in [5.74, 6) is 0.00918. The van der Waals surface area contributed by atoms with Crippen molar-refractivity contribution >= 4 is 28.8 Å². The first kappa shape index (κ1) is 20.1. The molecule has 0 radical (unpaired) electrons. The van der Waals surface area contributed by atoms with Crippen molar-refractivity contribution in [3.63, 3.8) is 0 Å². The molecule has 0 saturated carbocycles. The fourth-order valence-electron chi connectivity index (χ4n) is 2.52. The van der Waals surface area contributed by atoms with Gasteiger partial charge >= 0.3 is 0 Å². The molecule has 4 heteroatoms. The Kier molecular flexibility index (Phi) is 6.54. The fourth-order valence-corrected chi connectivity index (χ4v) is 2.84. The van der Waals surface area contributed by atoms with Crippen LogP contribution >= 0.6 is 12.2 Å². The van der Waals surface area contributed by atoms with Crippen LogP contribution in [0.15, 0.2) is 48.5 Å².